The van der Waals surface area contributed by atoms with Gasteiger partial charge in [0.15, 0.2) is 5.78 Å². The van der Waals surface area contributed by atoms with Crippen LogP contribution >= 0.6 is 0 Å². The molecule has 1 rings (SSSR count). The van der Waals surface area contributed by atoms with Crippen molar-refractivity contribution in [2.24, 2.45) is 0 Å². The average Bonchev–Trinajstić information content (AvgIpc) is 2.06. The second-order valence-electron chi connectivity index (χ2n) is 3.09. The Kier molecular flexibility index (Phi) is 2.82. The van der Waals surface area contributed by atoms with Gasteiger partial charge in [-0.3, -0.25) is 4.79 Å². The van der Waals surface area contributed by atoms with Crippen LogP contribution in [0.25, 0.3) is 0 Å². The predicted octanol–water partition coefficient (Wildman–Crippen LogP) is 1.60. The molecule has 12 heavy (non-hydrogen) atoms. The van der Waals surface area contributed by atoms with Crippen molar-refractivity contribution < 1.29 is 9.90 Å². The minimum atomic E-state index is -1.22. The van der Waals surface area contributed by atoms with Gasteiger partial charge in [0, 0.05) is 12.8 Å². The number of ketones is 1. The number of Topliss-reactive ketones (excluding diaryl/α,β-unsaturated/α-hetero) is 1. The summed E-state index contributed by atoms with van der Waals surface area (Å²) in [5.41, 5.74) is -1.22. The number of carbonyl (C=O) groups excluding carboxylic acids is 1. The molecule has 1 N–H and O–H groups in total. The minimum absolute atomic E-state index is 0.0781. The molecule has 0 saturated carbocycles. The van der Waals surface area contributed by atoms with E-state index in [0.717, 1.165) is 6.42 Å². The molecule has 2 heteroatoms. The summed E-state index contributed by atoms with van der Waals surface area (Å²) in [5, 5.41) is 9.78. The highest BCUT2D eigenvalue weighted by Gasteiger charge is 2.31. The Morgan fingerprint density at radius 3 is 2.83 bits per heavy atom. The van der Waals surface area contributed by atoms with Crippen LogP contribution < -0.4 is 0 Å². The van der Waals surface area contributed by atoms with Crippen molar-refractivity contribution in [1.82, 2.24) is 0 Å². The molecule has 0 fully saturated rings. The van der Waals surface area contributed by atoms with Crippen molar-refractivity contribution in [3.05, 3.63) is 24.3 Å². The van der Waals surface area contributed by atoms with E-state index < -0.39 is 5.60 Å². The summed E-state index contributed by atoms with van der Waals surface area (Å²) in [4.78, 5) is 11.4. The van der Waals surface area contributed by atoms with Crippen LogP contribution in [0.15, 0.2) is 24.3 Å². The maximum Gasteiger partial charge on any atom is 0.168 e. The van der Waals surface area contributed by atoms with Crippen molar-refractivity contribution in [2.45, 2.75) is 31.8 Å². The Labute approximate surface area is 72.6 Å². The quantitative estimate of drug-likeness (QED) is 0.691. The molecule has 0 radical (unpaired) electrons. The SMILES string of the molecule is CCCC(=O)C1(O)C=CC=CC1. The van der Waals surface area contributed by atoms with Crippen LogP contribution in [0.5, 0.6) is 0 Å². The van der Waals surface area contributed by atoms with Gasteiger partial charge >= 0.3 is 0 Å². The maximum atomic E-state index is 11.4. The van der Waals surface area contributed by atoms with E-state index in [1.54, 1.807) is 12.2 Å². The highest BCUT2D eigenvalue weighted by atomic mass is 16.3. The second kappa shape index (κ2) is 3.68. The largest absolute Gasteiger partial charge is 0.378 e. The fourth-order valence-electron chi connectivity index (χ4n) is 1.26. The van der Waals surface area contributed by atoms with Crippen molar-refractivity contribution in [1.29, 1.82) is 0 Å². The molecule has 0 bridgehead atoms. The van der Waals surface area contributed by atoms with Gasteiger partial charge in [0.2, 0.25) is 0 Å². The Balaban J connectivity index is 2.65. The highest BCUT2D eigenvalue weighted by Crippen LogP contribution is 2.20. The van der Waals surface area contributed by atoms with Gasteiger partial charge in [0.1, 0.15) is 5.60 Å². The van der Waals surface area contributed by atoms with Gasteiger partial charge in [-0.2, -0.15) is 0 Å². The third kappa shape index (κ3) is 1.83. The van der Waals surface area contributed by atoms with Crippen molar-refractivity contribution >= 4 is 5.78 Å². The van der Waals surface area contributed by atoms with Crippen LogP contribution in [0.4, 0.5) is 0 Å². The van der Waals surface area contributed by atoms with Gasteiger partial charge in [-0.05, 0) is 12.5 Å². The summed E-state index contributed by atoms with van der Waals surface area (Å²) < 4.78 is 0. The zero-order valence-electron chi connectivity index (χ0n) is 7.29. The molecule has 0 spiro atoms. The molecule has 0 aromatic rings. The zero-order valence-corrected chi connectivity index (χ0v) is 7.29. The summed E-state index contributed by atoms with van der Waals surface area (Å²) in [6.07, 6.45) is 8.61. The van der Waals surface area contributed by atoms with Crippen LogP contribution in [-0.2, 0) is 4.79 Å². The molecule has 1 aliphatic carbocycles. The third-order valence-electron chi connectivity index (χ3n) is 2.01. The predicted molar refractivity (Wildman–Crippen MR) is 47.8 cm³/mol. The van der Waals surface area contributed by atoms with E-state index in [9.17, 15) is 9.90 Å². The van der Waals surface area contributed by atoms with Crippen LogP contribution in [0.1, 0.15) is 26.2 Å². The van der Waals surface area contributed by atoms with E-state index in [4.69, 9.17) is 0 Å². The molecular weight excluding hydrogens is 152 g/mol. The molecule has 0 aromatic carbocycles. The smallest absolute Gasteiger partial charge is 0.168 e. The summed E-state index contributed by atoms with van der Waals surface area (Å²) in [6.45, 7) is 1.93. The Morgan fingerprint density at radius 1 is 1.58 bits per heavy atom. The molecule has 1 unspecified atom stereocenters. The van der Waals surface area contributed by atoms with Crippen molar-refractivity contribution in [2.75, 3.05) is 0 Å². The Hall–Kier alpha value is -0.890. The number of allylic oxidation sites excluding steroid dienone is 2. The first kappa shape index (κ1) is 9.20. The first-order valence-corrected chi connectivity index (χ1v) is 4.29. The lowest BCUT2D eigenvalue weighted by Gasteiger charge is -2.22. The average molecular weight is 166 g/mol. The number of aliphatic hydroxyl groups is 1. The topological polar surface area (TPSA) is 37.3 Å². The normalized spacial score (nSPS) is 27.5. The first-order chi connectivity index (χ1) is 5.69. The number of rotatable bonds is 3. The molecule has 66 valence electrons. The molecule has 0 saturated heterocycles. The fourth-order valence-corrected chi connectivity index (χ4v) is 1.26. The van der Waals surface area contributed by atoms with Gasteiger partial charge < -0.3 is 5.11 Å². The molecular formula is C10H14O2. The van der Waals surface area contributed by atoms with Crippen LogP contribution in [0.2, 0.25) is 0 Å². The second-order valence-corrected chi connectivity index (χ2v) is 3.09. The van der Waals surface area contributed by atoms with Gasteiger partial charge in [-0.25, -0.2) is 0 Å². The lowest BCUT2D eigenvalue weighted by atomic mass is 9.89. The third-order valence-corrected chi connectivity index (χ3v) is 2.01. The Morgan fingerprint density at radius 2 is 2.33 bits per heavy atom. The van der Waals surface area contributed by atoms with Gasteiger partial charge in [-0.15, -0.1) is 0 Å². The van der Waals surface area contributed by atoms with E-state index in [0.29, 0.717) is 12.8 Å². The van der Waals surface area contributed by atoms with E-state index in [2.05, 4.69) is 0 Å². The standard InChI is InChI=1S/C10H14O2/c1-2-6-9(11)10(12)7-4-3-5-8-10/h3-5,7,12H,2,6,8H2,1H3. The highest BCUT2D eigenvalue weighted by molar-refractivity contribution is 5.89. The van der Waals surface area contributed by atoms with Crippen LogP contribution in [0, 0.1) is 0 Å². The van der Waals surface area contributed by atoms with E-state index in [1.807, 2.05) is 19.1 Å². The van der Waals surface area contributed by atoms with Gasteiger partial charge in [0.05, 0.1) is 0 Å². The van der Waals surface area contributed by atoms with E-state index >= 15 is 0 Å². The molecule has 0 heterocycles. The molecule has 0 amide bonds. The molecule has 2 nitrogen and oxygen atoms in total. The summed E-state index contributed by atoms with van der Waals surface area (Å²) in [6, 6.07) is 0. The fraction of sp³-hybridized carbons (Fsp3) is 0.500. The van der Waals surface area contributed by atoms with E-state index in [1.165, 1.54) is 0 Å². The van der Waals surface area contributed by atoms with Gasteiger partial charge in [0.25, 0.3) is 0 Å². The summed E-state index contributed by atoms with van der Waals surface area (Å²) in [7, 11) is 0. The van der Waals surface area contributed by atoms with E-state index in [-0.39, 0.29) is 5.78 Å². The van der Waals surface area contributed by atoms with Gasteiger partial charge in [-0.1, -0.05) is 25.2 Å². The maximum absolute atomic E-state index is 11.4. The monoisotopic (exact) mass is 166 g/mol. The summed E-state index contributed by atoms with van der Waals surface area (Å²) in [5.74, 6) is -0.0781. The molecule has 1 atom stereocenters. The molecule has 0 aromatic heterocycles. The molecule has 1 aliphatic rings. The van der Waals surface area contributed by atoms with Crippen molar-refractivity contribution in [3.8, 4) is 0 Å². The number of hydrogen-bond donors (Lipinski definition) is 1. The Bertz CT molecular complexity index is 228. The lowest BCUT2D eigenvalue weighted by Crippen LogP contribution is -2.36. The zero-order chi connectivity index (χ0) is 9.03. The lowest BCUT2D eigenvalue weighted by molar-refractivity contribution is -0.132. The molecule has 0 aliphatic heterocycles. The minimum Gasteiger partial charge on any atom is -0.378 e. The first-order valence-electron chi connectivity index (χ1n) is 4.29. The van der Waals surface area contributed by atoms with Crippen LogP contribution in [-0.4, -0.2) is 16.5 Å². The number of hydrogen-bond acceptors (Lipinski definition) is 2. The van der Waals surface area contributed by atoms with Crippen molar-refractivity contribution in [3.63, 3.8) is 0 Å². The summed E-state index contributed by atoms with van der Waals surface area (Å²) >= 11 is 0. The number of carbonyl (C=O) groups is 1. The van der Waals surface area contributed by atoms with Crippen LogP contribution in [0.3, 0.4) is 0 Å².